The highest BCUT2D eigenvalue weighted by molar-refractivity contribution is 5.64. The van der Waals surface area contributed by atoms with Crippen LogP contribution in [0.2, 0.25) is 0 Å². The molecule has 0 aliphatic heterocycles. The minimum absolute atomic E-state index is 0.0658. The molecule has 88 valence electrons. The number of pyridine rings is 1. The lowest BCUT2D eigenvalue weighted by Crippen LogP contribution is -2.04. The second kappa shape index (κ2) is 4.97. The second-order valence-corrected chi connectivity index (χ2v) is 4.00. The number of nitrogens with zero attached hydrogens (tertiary/aromatic N) is 1. The average Bonchev–Trinajstić information content (AvgIpc) is 2.39. The molecule has 1 aromatic carbocycles. The fourth-order valence-corrected chi connectivity index (χ4v) is 1.68. The van der Waals surface area contributed by atoms with Gasteiger partial charge in [-0.1, -0.05) is 24.3 Å². The molecule has 1 aromatic heterocycles. The normalized spacial score (nSPS) is 12.2. The van der Waals surface area contributed by atoms with Gasteiger partial charge in [0, 0.05) is 18.3 Å². The SMILES string of the molecule is COc1cc(-c2ccc(C(C)N)cc2)ccn1. The van der Waals surface area contributed by atoms with Gasteiger partial charge < -0.3 is 10.5 Å². The number of benzene rings is 1. The van der Waals surface area contributed by atoms with E-state index in [1.807, 2.05) is 31.2 Å². The van der Waals surface area contributed by atoms with E-state index in [4.69, 9.17) is 10.5 Å². The van der Waals surface area contributed by atoms with Crippen molar-refractivity contribution in [1.82, 2.24) is 4.98 Å². The summed E-state index contributed by atoms with van der Waals surface area (Å²) in [6, 6.07) is 12.2. The highest BCUT2D eigenvalue weighted by atomic mass is 16.5. The summed E-state index contributed by atoms with van der Waals surface area (Å²) in [5.74, 6) is 0.624. The zero-order chi connectivity index (χ0) is 12.3. The average molecular weight is 228 g/mol. The van der Waals surface area contributed by atoms with Crippen molar-refractivity contribution in [2.75, 3.05) is 7.11 Å². The predicted molar refractivity (Wildman–Crippen MR) is 68.8 cm³/mol. The van der Waals surface area contributed by atoms with Gasteiger partial charge in [-0.05, 0) is 29.7 Å². The summed E-state index contributed by atoms with van der Waals surface area (Å²) < 4.78 is 5.11. The Hall–Kier alpha value is -1.87. The fourth-order valence-electron chi connectivity index (χ4n) is 1.68. The van der Waals surface area contributed by atoms with Crippen molar-refractivity contribution in [2.24, 2.45) is 5.73 Å². The molecule has 0 fully saturated rings. The number of hydrogen-bond acceptors (Lipinski definition) is 3. The molecule has 3 heteroatoms. The highest BCUT2D eigenvalue weighted by Gasteiger charge is 2.02. The number of rotatable bonds is 3. The molecular weight excluding hydrogens is 212 g/mol. The van der Waals surface area contributed by atoms with Crippen molar-refractivity contribution in [3.63, 3.8) is 0 Å². The second-order valence-electron chi connectivity index (χ2n) is 4.00. The van der Waals surface area contributed by atoms with Crippen LogP contribution in [0.15, 0.2) is 42.6 Å². The minimum atomic E-state index is 0.0658. The number of hydrogen-bond donors (Lipinski definition) is 1. The van der Waals surface area contributed by atoms with Crippen LogP contribution in [0.4, 0.5) is 0 Å². The topological polar surface area (TPSA) is 48.1 Å². The first-order valence-corrected chi connectivity index (χ1v) is 5.56. The van der Waals surface area contributed by atoms with E-state index in [1.165, 1.54) is 0 Å². The highest BCUT2D eigenvalue weighted by Crippen LogP contribution is 2.23. The summed E-state index contributed by atoms with van der Waals surface area (Å²) in [5.41, 5.74) is 9.18. The summed E-state index contributed by atoms with van der Waals surface area (Å²) in [6.07, 6.45) is 1.74. The molecule has 3 nitrogen and oxygen atoms in total. The van der Waals surface area contributed by atoms with Crippen LogP contribution in [0.5, 0.6) is 5.88 Å². The lowest BCUT2D eigenvalue weighted by atomic mass is 10.0. The summed E-state index contributed by atoms with van der Waals surface area (Å²) in [7, 11) is 1.62. The molecule has 0 aliphatic carbocycles. The number of ether oxygens (including phenoxy) is 1. The Kier molecular flexibility index (Phi) is 3.40. The Balaban J connectivity index is 2.32. The fraction of sp³-hybridized carbons (Fsp3) is 0.214. The summed E-state index contributed by atoms with van der Waals surface area (Å²) in [6.45, 7) is 1.98. The van der Waals surface area contributed by atoms with Crippen LogP contribution in [-0.4, -0.2) is 12.1 Å². The molecule has 1 heterocycles. The minimum Gasteiger partial charge on any atom is -0.481 e. The quantitative estimate of drug-likeness (QED) is 0.878. The van der Waals surface area contributed by atoms with Crippen molar-refractivity contribution in [3.05, 3.63) is 48.2 Å². The first-order chi connectivity index (χ1) is 8.20. The molecule has 1 unspecified atom stereocenters. The zero-order valence-electron chi connectivity index (χ0n) is 10.1. The van der Waals surface area contributed by atoms with Crippen molar-refractivity contribution in [3.8, 4) is 17.0 Å². The van der Waals surface area contributed by atoms with E-state index >= 15 is 0 Å². The monoisotopic (exact) mass is 228 g/mol. The van der Waals surface area contributed by atoms with E-state index in [-0.39, 0.29) is 6.04 Å². The van der Waals surface area contributed by atoms with Crippen LogP contribution in [-0.2, 0) is 0 Å². The van der Waals surface area contributed by atoms with Gasteiger partial charge in [0.2, 0.25) is 5.88 Å². The first-order valence-electron chi connectivity index (χ1n) is 5.56. The molecule has 0 saturated carbocycles. The predicted octanol–water partition coefficient (Wildman–Crippen LogP) is 2.78. The Bertz CT molecular complexity index is 492. The van der Waals surface area contributed by atoms with Crippen molar-refractivity contribution in [2.45, 2.75) is 13.0 Å². The van der Waals surface area contributed by atoms with E-state index in [1.54, 1.807) is 13.3 Å². The van der Waals surface area contributed by atoms with Crippen molar-refractivity contribution < 1.29 is 4.74 Å². The molecule has 0 aliphatic rings. The van der Waals surface area contributed by atoms with Crippen molar-refractivity contribution in [1.29, 1.82) is 0 Å². The third kappa shape index (κ3) is 2.63. The standard InChI is InChI=1S/C14H16N2O/c1-10(15)11-3-5-12(6-4-11)13-7-8-16-14(9-13)17-2/h3-10H,15H2,1-2H3. The number of nitrogens with two attached hydrogens (primary N) is 1. The van der Waals surface area contributed by atoms with Gasteiger partial charge in [0.1, 0.15) is 0 Å². The molecule has 2 N–H and O–H groups in total. The summed E-state index contributed by atoms with van der Waals surface area (Å²) in [4.78, 5) is 4.09. The van der Waals surface area contributed by atoms with E-state index in [2.05, 4.69) is 17.1 Å². The zero-order valence-corrected chi connectivity index (χ0v) is 10.1. The van der Waals surface area contributed by atoms with Gasteiger partial charge in [-0.15, -0.1) is 0 Å². The van der Waals surface area contributed by atoms with Gasteiger partial charge in [-0.2, -0.15) is 0 Å². The van der Waals surface area contributed by atoms with Crippen LogP contribution >= 0.6 is 0 Å². The molecule has 1 atom stereocenters. The van der Waals surface area contributed by atoms with Crippen molar-refractivity contribution >= 4 is 0 Å². The first kappa shape index (κ1) is 11.6. The van der Waals surface area contributed by atoms with Gasteiger partial charge in [0.25, 0.3) is 0 Å². The van der Waals surface area contributed by atoms with E-state index < -0.39 is 0 Å². The van der Waals surface area contributed by atoms with Crippen LogP contribution in [0, 0.1) is 0 Å². The molecule has 0 amide bonds. The Morgan fingerprint density at radius 1 is 1.12 bits per heavy atom. The maximum absolute atomic E-state index is 5.82. The molecule has 0 radical (unpaired) electrons. The molecule has 2 rings (SSSR count). The molecule has 0 spiro atoms. The van der Waals surface area contributed by atoms with Gasteiger partial charge in [-0.3, -0.25) is 0 Å². The van der Waals surface area contributed by atoms with E-state index in [0.717, 1.165) is 16.7 Å². The van der Waals surface area contributed by atoms with E-state index in [0.29, 0.717) is 5.88 Å². The molecule has 17 heavy (non-hydrogen) atoms. The maximum Gasteiger partial charge on any atom is 0.213 e. The molecule has 0 bridgehead atoms. The van der Waals surface area contributed by atoms with Crippen LogP contribution < -0.4 is 10.5 Å². The van der Waals surface area contributed by atoms with Crippen LogP contribution in [0.3, 0.4) is 0 Å². The third-order valence-electron chi connectivity index (χ3n) is 2.71. The van der Waals surface area contributed by atoms with Crippen LogP contribution in [0.1, 0.15) is 18.5 Å². The van der Waals surface area contributed by atoms with Gasteiger partial charge in [0.05, 0.1) is 7.11 Å². The van der Waals surface area contributed by atoms with Gasteiger partial charge in [0.15, 0.2) is 0 Å². The van der Waals surface area contributed by atoms with Crippen LogP contribution in [0.25, 0.3) is 11.1 Å². The Morgan fingerprint density at radius 2 is 1.82 bits per heavy atom. The lowest BCUT2D eigenvalue weighted by Gasteiger charge is -2.07. The third-order valence-corrected chi connectivity index (χ3v) is 2.71. The van der Waals surface area contributed by atoms with Gasteiger partial charge in [-0.25, -0.2) is 4.98 Å². The maximum atomic E-state index is 5.82. The smallest absolute Gasteiger partial charge is 0.213 e. The number of aromatic nitrogens is 1. The molecular formula is C14H16N2O. The Labute approximate surface area is 101 Å². The largest absolute Gasteiger partial charge is 0.481 e. The summed E-state index contributed by atoms with van der Waals surface area (Å²) in [5, 5.41) is 0. The number of methoxy groups -OCH3 is 1. The lowest BCUT2D eigenvalue weighted by molar-refractivity contribution is 0.398. The molecule has 2 aromatic rings. The Morgan fingerprint density at radius 3 is 2.41 bits per heavy atom. The van der Waals surface area contributed by atoms with Gasteiger partial charge >= 0.3 is 0 Å². The summed E-state index contributed by atoms with van der Waals surface area (Å²) >= 11 is 0. The van der Waals surface area contributed by atoms with E-state index in [9.17, 15) is 0 Å². The molecule has 0 saturated heterocycles.